The van der Waals surface area contributed by atoms with Gasteiger partial charge >= 0.3 is 5.97 Å². The lowest BCUT2D eigenvalue weighted by molar-refractivity contribution is 0.0696. The minimum absolute atomic E-state index is 0.276. The number of carbonyl (C=O) groups is 1. The normalized spacial score (nSPS) is 10.4. The fourth-order valence-electron chi connectivity index (χ4n) is 2.31. The molecule has 0 aliphatic rings. The number of carboxylic acid groups (broad SMARTS) is 1. The van der Waals surface area contributed by atoms with E-state index in [4.69, 9.17) is 0 Å². The average molecular weight is 285 g/mol. The number of aromatic carboxylic acids is 1. The van der Waals surface area contributed by atoms with E-state index >= 15 is 0 Å². The molecule has 0 atom stereocenters. The Balaban J connectivity index is 2.22. The van der Waals surface area contributed by atoms with Crippen molar-refractivity contribution >= 4 is 11.8 Å². The summed E-state index contributed by atoms with van der Waals surface area (Å²) >= 11 is 0. The van der Waals surface area contributed by atoms with Crippen molar-refractivity contribution < 1.29 is 9.90 Å². The van der Waals surface area contributed by atoms with E-state index < -0.39 is 5.97 Å². The molecule has 5 nitrogen and oxygen atoms in total. The first-order valence-corrected chi connectivity index (χ1v) is 6.80. The third-order valence-electron chi connectivity index (χ3n) is 3.39. The molecule has 0 saturated carbocycles. The zero-order chi connectivity index (χ0) is 15.4. The van der Waals surface area contributed by atoms with Crippen molar-refractivity contribution in [2.75, 3.05) is 18.5 Å². The van der Waals surface area contributed by atoms with Crippen molar-refractivity contribution in [3.8, 4) is 0 Å². The van der Waals surface area contributed by atoms with Gasteiger partial charge in [0.15, 0.2) is 0 Å². The van der Waals surface area contributed by atoms with Crippen LogP contribution in [0.5, 0.6) is 0 Å². The Morgan fingerprint density at radius 3 is 2.57 bits per heavy atom. The van der Waals surface area contributed by atoms with Gasteiger partial charge in [-0.2, -0.15) is 0 Å². The largest absolute Gasteiger partial charge is 0.478 e. The Morgan fingerprint density at radius 1 is 1.29 bits per heavy atom. The minimum atomic E-state index is -0.939. The zero-order valence-corrected chi connectivity index (χ0v) is 12.5. The summed E-state index contributed by atoms with van der Waals surface area (Å²) in [5.41, 5.74) is 3.00. The monoisotopic (exact) mass is 285 g/mol. The van der Waals surface area contributed by atoms with Gasteiger partial charge in [0.05, 0.1) is 0 Å². The fraction of sp³-hybridized carbons (Fsp3) is 0.312. The van der Waals surface area contributed by atoms with E-state index in [2.05, 4.69) is 9.97 Å². The third-order valence-corrected chi connectivity index (χ3v) is 3.39. The molecular formula is C16H19N3O2. The molecule has 0 amide bonds. The SMILES string of the molecule is Cc1cc(C)c(C(=O)O)c(N(C)CCc2ccncc2)n1. The van der Waals surface area contributed by atoms with E-state index in [0.717, 1.165) is 23.2 Å². The Bertz CT molecular complexity index is 641. The molecule has 0 aromatic carbocycles. The summed E-state index contributed by atoms with van der Waals surface area (Å²) in [5, 5.41) is 9.40. The van der Waals surface area contributed by atoms with Crippen molar-refractivity contribution in [2.45, 2.75) is 20.3 Å². The number of pyridine rings is 2. The maximum absolute atomic E-state index is 11.5. The predicted octanol–water partition coefficient (Wildman–Crippen LogP) is 2.47. The summed E-state index contributed by atoms with van der Waals surface area (Å²) in [7, 11) is 1.87. The van der Waals surface area contributed by atoms with E-state index in [1.165, 1.54) is 0 Å². The van der Waals surface area contributed by atoms with Crippen LogP contribution in [0.1, 0.15) is 27.2 Å². The molecule has 2 heterocycles. The smallest absolute Gasteiger partial charge is 0.339 e. The van der Waals surface area contributed by atoms with Gasteiger partial charge in [0.1, 0.15) is 11.4 Å². The van der Waals surface area contributed by atoms with Gasteiger partial charge in [-0.05, 0) is 49.6 Å². The van der Waals surface area contributed by atoms with Crippen molar-refractivity contribution in [3.63, 3.8) is 0 Å². The number of nitrogens with zero attached hydrogens (tertiary/aromatic N) is 3. The summed E-state index contributed by atoms with van der Waals surface area (Å²) < 4.78 is 0. The molecule has 0 fully saturated rings. The molecule has 0 spiro atoms. The molecule has 2 aromatic rings. The average Bonchev–Trinajstić information content (AvgIpc) is 2.44. The number of hydrogen-bond acceptors (Lipinski definition) is 4. The van der Waals surface area contributed by atoms with Gasteiger partial charge in [0.25, 0.3) is 0 Å². The maximum Gasteiger partial charge on any atom is 0.339 e. The van der Waals surface area contributed by atoms with Gasteiger partial charge in [0, 0.05) is 31.7 Å². The molecular weight excluding hydrogens is 266 g/mol. The number of aryl methyl sites for hydroxylation is 2. The van der Waals surface area contributed by atoms with E-state index in [0.29, 0.717) is 12.4 Å². The Hall–Kier alpha value is -2.43. The summed E-state index contributed by atoms with van der Waals surface area (Å²) in [5.74, 6) is -0.417. The number of likely N-dealkylation sites (N-methyl/N-ethyl adjacent to an activating group) is 1. The molecule has 0 bridgehead atoms. The Kier molecular flexibility index (Phi) is 4.52. The van der Waals surface area contributed by atoms with Crippen LogP contribution in [0.2, 0.25) is 0 Å². The Morgan fingerprint density at radius 2 is 1.95 bits per heavy atom. The van der Waals surface area contributed by atoms with Crippen LogP contribution in [0.15, 0.2) is 30.6 Å². The number of aromatic nitrogens is 2. The lowest BCUT2D eigenvalue weighted by Gasteiger charge is -2.21. The lowest BCUT2D eigenvalue weighted by Crippen LogP contribution is -2.25. The first-order chi connectivity index (χ1) is 9.99. The number of carboxylic acids is 1. The molecule has 0 aliphatic carbocycles. The molecule has 1 N–H and O–H groups in total. The van der Waals surface area contributed by atoms with Crippen molar-refractivity contribution in [3.05, 3.63) is 53.0 Å². The molecule has 2 aromatic heterocycles. The van der Waals surface area contributed by atoms with Crippen LogP contribution in [0.25, 0.3) is 0 Å². The second kappa shape index (κ2) is 6.35. The highest BCUT2D eigenvalue weighted by atomic mass is 16.4. The van der Waals surface area contributed by atoms with Crippen molar-refractivity contribution in [1.29, 1.82) is 0 Å². The quantitative estimate of drug-likeness (QED) is 0.914. The second-order valence-corrected chi connectivity index (χ2v) is 5.11. The van der Waals surface area contributed by atoms with E-state index in [1.54, 1.807) is 25.4 Å². The van der Waals surface area contributed by atoms with Crippen LogP contribution < -0.4 is 4.90 Å². The summed E-state index contributed by atoms with van der Waals surface area (Å²) in [6.07, 6.45) is 4.33. The Labute approximate surface area is 124 Å². The van der Waals surface area contributed by atoms with Crippen LogP contribution in [0, 0.1) is 13.8 Å². The fourth-order valence-corrected chi connectivity index (χ4v) is 2.31. The third kappa shape index (κ3) is 3.56. The predicted molar refractivity (Wildman–Crippen MR) is 81.9 cm³/mol. The van der Waals surface area contributed by atoms with E-state index in [1.807, 2.05) is 31.0 Å². The molecule has 2 rings (SSSR count). The van der Waals surface area contributed by atoms with Crippen LogP contribution in [-0.4, -0.2) is 34.6 Å². The number of hydrogen-bond donors (Lipinski definition) is 1. The highest BCUT2D eigenvalue weighted by Gasteiger charge is 2.18. The van der Waals surface area contributed by atoms with Gasteiger partial charge < -0.3 is 10.0 Å². The van der Waals surface area contributed by atoms with Gasteiger partial charge in [-0.25, -0.2) is 9.78 Å². The zero-order valence-electron chi connectivity index (χ0n) is 12.5. The van der Waals surface area contributed by atoms with Gasteiger partial charge in [0.2, 0.25) is 0 Å². The molecule has 21 heavy (non-hydrogen) atoms. The molecule has 0 saturated heterocycles. The summed E-state index contributed by atoms with van der Waals surface area (Å²) in [4.78, 5) is 21.7. The summed E-state index contributed by atoms with van der Waals surface area (Å²) in [6.45, 7) is 4.37. The van der Waals surface area contributed by atoms with Crippen molar-refractivity contribution in [2.24, 2.45) is 0 Å². The maximum atomic E-state index is 11.5. The number of rotatable bonds is 5. The van der Waals surface area contributed by atoms with Gasteiger partial charge in [-0.3, -0.25) is 4.98 Å². The van der Waals surface area contributed by atoms with Crippen molar-refractivity contribution in [1.82, 2.24) is 9.97 Å². The standard InChI is InChI=1S/C16H19N3O2/c1-11-10-12(2)18-15(14(11)16(20)21)19(3)9-6-13-4-7-17-8-5-13/h4-5,7-8,10H,6,9H2,1-3H3,(H,20,21). The van der Waals surface area contributed by atoms with Gasteiger partial charge in [-0.1, -0.05) is 0 Å². The summed E-state index contributed by atoms with van der Waals surface area (Å²) in [6, 6.07) is 5.71. The molecule has 0 aliphatic heterocycles. The second-order valence-electron chi connectivity index (χ2n) is 5.11. The van der Waals surface area contributed by atoms with Gasteiger partial charge in [-0.15, -0.1) is 0 Å². The first-order valence-electron chi connectivity index (χ1n) is 6.80. The molecule has 0 radical (unpaired) electrons. The number of anilines is 1. The minimum Gasteiger partial charge on any atom is -0.478 e. The topological polar surface area (TPSA) is 66.3 Å². The molecule has 5 heteroatoms. The molecule has 0 unspecified atom stereocenters. The lowest BCUT2D eigenvalue weighted by atomic mass is 10.1. The highest BCUT2D eigenvalue weighted by Crippen LogP contribution is 2.22. The van der Waals surface area contributed by atoms with E-state index in [-0.39, 0.29) is 5.56 Å². The molecule has 110 valence electrons. The van der Waals surface area contributed by atoms with Crippen LogP contribution >= 0.6 is 0 Å². The van der Waals surface area contributed by atoms with Crippen LogP contribution in [0.4, 0.5) is 5.82 Å². The van der Waals surface area contributed by atoms with E-state index in [9.17, 15) is 9.90 Å². The van der Waals surface area contributed by atoms with Crippen LogP contribution in [-0.2, 0) is 6.42 Å². The first kappa shape index (κ1) is 15.0. The van der Waals surface area contributed by atoms with Crippen LogP contribution in [0.3, 0.4) is 0 Å². The highest BCUT2D eigenvalue weighted by molar-refractivity contribution is 5.95.